The van der Waals surface area contributed by atoms with Gasteiger partial charge >= 0.3 is 0 Å². The molecule has 0 bridgehead atoms. The first-order valence-corrected chi connectivity index (χ1v) is 5.50. The maximum absolute atomic E-state index is 11.7. The number of carbonyl (C=O) groups excluding carboxylic acids is 2. The molecule has 3 nitrogen and oxygen atoms in total. The molecule has 2 aromatic rings. The summed E-state index contributed by atoms with van der Waals surface area (Å²) in [6.07, 6.45) is 2.55. The van der Waals surface area contributed by atoms with Crippen LogP contribution < -0.4 is 5.43 Å². The van der Waals surface area contributed by atoms with Crippen molar-refractivity contribution in [1.82, 2.24) is 0 Å². The van der Waals surface area contributed by atoms with Crippen molar-refractivity contribution in [3.05, 3.63) is 69.9 Å². The van der Waals surface area contributed by atoms with Crippen LogP contribution in [0.4, 0.5) is 0 Å². The van der Waals surface area contributed by atoms with E-state index in [0.717, 1.165) is 10.8 Å². The van der Waals surface area contributed by atoms with Crippen LogP contribution >= 0.6 is 0 Å². The molecule has 0 aromatic heterocycles. The van der Waals surface area contributed by atoms with Gasteiger partial charge in [-0.25, -0.2) is 0 Å². The zero-order chi connectivity index (χ0) is 12.7. The van der Waals surface area contributed by atoms with Gasteiger partial charge in [-0.3, -0.25) is 14.4 Å². The lowest BCUT2D eigenvalue weighted by molar-refractivity contribution is 0.0994. The molecule has 0 amide bonds. The van der Waals surface area contributed by atoms with E-state index in [1.165, 1.54) is 24.3 Å². The number of allylic oxidation sites excluding steroid dienone is 2. The number of fused-ring (bicyclic) bond motifs is 2. The van der Waals surface area contributed by atoms with Gasteiger partial charge in [0.05, 0.1) is 0 Å². The second-order valence-electron chi connectivity index (χ2n) is 4.16. The van der Waals surface area contributed by atoms with Gasteiger partial charge in [0.1, 0.15) is 0 Å². The summed E-state index contributed by atoms with van der Waals surface area (Å²) in [6, 6.07) is 9.53. The highest BCUT2D eigenvalue weighted by molar-refractivity contribution is 6.23. The van der Waals surface area contributed by atoms with Crippen molar-refractivity contribution in [3.8, 4) is 0 Å². The van der Waals surface area contributed by atoms with Gasteiger partial charge in [-0.2, -0.15) is 0 Å². The molecule has 2 aromatic carbocycles. The Bertz CT molecular complexity index is 722. The number of rotatable bonds is 0. The SMILES string of the molecule is O=C1C=CC(=O)c2cc3ccc(=O)ccc3cc21. The summed E-state index contributed by atoms with van der Waals surface area (Å²) in [6.45, 7) is 0. The Hall–Kier alpha value is -2.55. The van der Waals surface area contributed by atoms with E-state index in [0.29, 0.717) is 11.1 Å². The Kier molecular flexibility index (Phi) is 2.20. The summed E-state index contributed by atoms with van der Waals surface area (Å²) in [5.74, 6) is -0.360. The van der Waals surface area contributed by atoms with Gasteiger partial charge in [0.25, 0.3) is 0 Å². The van der Waals surface area contributed by atoms with Crippen LogP contribution in [0, 0.1) is 0 Å². The van der Waals surface area contributed by atoms with Gasteiger partial charge in [0.15, 0.2) is 17.0 Å². The molecule has 3 heteroatoms. The van der Waals surface area contributed by atoms with E-state index in [4.69, 9.17) is 0 Å². The second kappa shape index (κ2) is 3.74. The number of hydrogen-bond donors (Lipinski definition) is 0. The molecular weight excluding hydrogens is 228 g/mol. The molecule has 0 saturated heterocycles. The van der Waals surface area contributed by atoms with Crippen LogP contribution in [0.3, 0.4) is 0 Å². The van der Waals surface area contributed by atoms with Crippen molar-refractivity contribution in [2.24, 2.45) is 0 Å². The van der Waals surface area contributed by atoms with E-state index in [-0.39, 0.29) is 17.0 Å². The standard InChI is InChI=1S/C15H8O3/c16-11-3-1-9-7-12-13(8-10(9)2-4-11)15(18)6-5-14(12)17/h1-8H. The topological polar surface area (TPSA) is 51.2 Å². The highest BCUT2D eigenvalue weighted by Gasteiger charge is 2.19. The molecule has 0 N–H and O–H groups in total. The molecule has 0 heterocycles. The second-order valence-corrected chi connectivity index (χ2v) is 4.16. The predicted molar refractivity (Wildman–Crippen MR) is 68.0 cm³/mol. The summed E-state index contributed by atoms with van der Waals surface area (Å²) < 4.78 is 0. The van der Waals surface area contributed by atoms with Crippen LogP contribution in [0.25, 0.3) is 10.8 Å². The van der Waals surface area contributed by atoms with E-state index in [1.807, 2.05) is 0 Å². The third kappa shape index (κ3) is 1.57. The molecule has 0 fully saturated rings. The highest BCUT2D eigenvalue weighted by Crippen LogP contribution is 2.23. The minimum absolute atomic E-state index is 0.111. The quantitative estimate of drug-likeness (QED) is 0.704. The van der Waals surface area contributed by atoms with E-state index >= 15 is 0 Å². The Labute approximate surface area is 102 Å². The average molecular weight is 236 g/mol. The first kappa shape index (κ1) is 10.6. The van der Waals surface area contributed by atoms with Crippen LogP contribution in [0.1, 0.15) is 20.7 Å². The first-order chi connectivity index (χ1) is 8.65. The van der Waals surface area contributed by atoms with E-state index < -0.39 is 0 Å². The minimum atomic E-state index is -0.180. The average Bonchev–Trinajstić information content (AvgIpc) is 2.55. The molecule has 0 saturated carbocycles. The first-order valence-electron chi connectivity index (χ1n) is 5.50. The zero-order valence-corrected chi connectivity index (χ0v) is 9.34. The summed E-state index contributed by atoms with van der Waals surface area (Å²) in [4.78, 5) is 34.7. The van der Waals surface area contributed by atoms with Crippen molar-refractivity contribution in [2.45, 2.75) is 0 Å². The third-order valence-corrected chi connectivity index (χ3v) is 2.99. The van der Waals surface area contributed by atoms with Crippen LogP contribution in [-0.2, 0) is 0 Å². The van der Waals surface area contributed by atoms with E-state index in [9.17, 15) is 14.4 Å². The fourth-order valence-corrected chi connectivity index (χ4v) is 2.06. The Morgan fingerprint density at radius 2 is 1.06 bits per heavy atom. The maximum Gasteiger partial charge on any atom is 0.186 e. The minimum Gasteiger partial charge on any atom is -0.290 e. The lowest BCUT2D eigenvalue weighted by Gasteiger charge is -2.09. The number of carbonyl (C=O) groups is 2. The maximum atomic E-state index is 11.7. The summed E-state index contributed by atoms with van der Waals surface area (Å²) in [7, 11) is 0. The zero-order valence-electron chi connectivity index (χ0n) is 9.34. The molecule has 86 valence electrons. The van der Waals surface area contributed by atoms with Gasteiger partial charge in [-0.05, 0) is 47.2 Å². The van der Waals surface area contributed by atoms with Gasteiger partial charge in [0, 0.05) is 11.1 Å². The lowest BCUT2D eigenvalue weighted by Crippen LogP contribution is -2.11. The van der Waals surface area contributed by atoms with Gasteiger partial charge in [0.2, 0.25) is 0 Å². The fourth-order valence-electron chi connectivity index (χ4n) is 2.06. The predicted octanol–water partition coefficient (Wildman–Crippen LogP) is 2.14. The molecule has 0 unspecified atom stereocenters. The van der Waals surface area contributed by atoms with Crippen molar-refractivity contribution in [1.29, 1.82) is 0 Å². The van der Waals surface area contributed by atoms with Crippen LogP contribution in [0.5, 0.6) is 0 Å². The third-order valence-electron chi connectivity index (χ3n) is 2.99. The Balaban J connectivity index is 2.42. The molecule has 0 aliphatic heterocycles. The van der Waals surface area contributed by atoms with E-state index in [1.54, 1.807) is 24.3 Å². The van der Waals surface area contributed by atoms with Crippen molar-refractivity contribution in [2.75, 3.05) is 0 Å². The van der Waals surface area contributed by atoms with Crippen molar-refractivity contribution in [3.63, 3.8) is 0 Å². The molecule has 0 atom stereocenters. The van der Waals surface area contributed by atoms with Crippen molar-refractivity contribution < 1.29 is 9.59 Å². The number of ketones is 2. The van der Waals surface area contributed by atoms with Crippen LogP contribution in [0.2, 0.25) is 0 Å². The van der Waals surface area contributed by atoms with Gasteiger partial charge in [-0.15, -0.1) is 0 Å². The molecule has 18 heavy (non-hydrogen) atoms. The van der Waals surface area contributed by atoms with Crippen molar-refractivity contribution >= 4 is 22.3 Å². The largest absolute Gasteiger partial charge is 0.290 e. The summed E-state index contributed by atoms with van der Waals surface area (Å²) in [5, 5.41) is 1.54. The molecule has 0 spiro atoms. The van der Waals surface area contributed by atoms with Crippen LogP contribution in [0.15, 0.2) is 53.3 Å². The monoisotopic (exact) mass is 236 g/mol. The molecular formula is C15H8O3. The molecule has 1 aliphatic rings. The smallest absolute Gasteiger partial charge is 0.186 e. The Morgan fingerprint density at radius 1 is 0.611 bits per heavy atom. The number of hydrogen-bond acceptors (Lipinski definition) is 3. The van der Waals surface area contributed by atoms with E-state index in [2.05, 4.69) is 0 Å². The summed E-state index contributed by atoms with van der Waals surface area (Å²) in [5.41, 5.74) is 0.683. The van der Waals surface area contributed by atoms with Crippen LogP contribution in [-0.4, -0.2) is 11.6 Å². The van der Waals surface area contributed by atoms with Gasteiger partial charge in [-0.1, -0.05) is 12.1 Å². The normalized spacial score (nSPS) is 13.8. The molecule has 0 radical (unpaired) electrons. The number of benzene rings is 1. The Morgan fingerprint density at radius 3 is 1.50 bits per heavy atom. The highest BCUT2D eigenvalue weighted by atomic mass is 16.1. The lowest BCUT2D eigenvalue weighted by atomic mass is 9.92. The molecule has 1 aliphatic carbocycles. The molecule has 3 rings (SSSR count). The van der Waals surface area contributed by atoms with Gasteiger partial charge < -0.3 is 0 Å². The fraction of sp³-hybridized carbons (Fsp3) is 0. The summed E-state index contributed by atoms with van der Waals surface area (Å²) >= 11 is 0.